The third kappa shape index (κ3) is 8.11. The summed E-state index contributed by atoms with van der Waals surface area (Å²) in [4.78, 5) is 4.42. The highest BCUT2D eigenvalue weighted by Gasteiger charge is 2.22. The van der Waals surface area contributed by atoms with Gasteiger partial charge in [0.25, 0.3) is 0 Å². The first-order valence-electron chi connectivity index (χ1n) is 10.2. The second-order valence-electron chi connectivity index (χ2n) is 7.87. The summed E-state index contributed by atoms with van der Waals surface area (Å²) in [6, 6.07) is 7.97. The van der Waals surface area contributed by atoms with E-state index in [1.807, 2.05) is 31.2 Å². The molecule has 1 rings (SSSR count). The molecule has 0 aliphatic heterocycles. The van der Waals surface area contributed by atoms with Crippen molar-refractivity contribution >= 4 is 17.1 Å². The lowest BCUT2D eigenvalue weighted by Crippen LogP contribution is -2.25. The topological polar surface area (TPSA) is 24.4 Å². The smallest absolute Gasteiger partial charge is 0.143 e. The highest BCUT2D eigenvalue weighted by Crippen LogP contribution is 2.22. The van der Waals surface area contributed by atoms with E-state index in [9.17, 15) is 4.39 Å². The van der Waals surface area contributed by atoms with Crippen LogP contribution in [0.1, 0.15) is 77.8 Å². The molecule has 3 heteroatoms. The minimum Gasteiger partial charge on any atom is -0.385 e. The molecule has 1 unspecified atom stereocenters. The van der Waals surface area contributed by atoms with E-state index in [2.05, 4.69) is 37.3 Å². The summed E-state index contributed by atoms with van der Waals surface area (Å²) < 4.78 is 14.2. The third-order valence-electron chi connectivity index (χ3n) is 4.82. The maximum atomic E-state index is 14.2. The van der Waals surface area contributed by atoms with E-state index < -0.39 is 5.67 Å². The zero-order valence-corrected chi connectivity index (χ0v) is 17.9. The van der Waals surface area contributed by atoms with E-state index in [0.717, 1.165) is 23.4 Å². The second kappa shape index (κ2) is 11.1. The molecule has 1 atom stereocenters. The van der Waals surface area contributed by atoms with Gasteiger partial charge in [-0.05, 0) is 43.7 Å². The first kappa shape index (κ1) is 23.1. The standard InChI is InChI=1S/C24H37FN2/c1-8-10-11-12-18(3)17-26-19(4)21-13-15-22(16-14-21)20(5)27-23(9-2)24(6,7)25/h13-16,18,26H,4-5,8-12,17H2,1-3,6-7H3. The fourth-order valence-electron chi connectivity index (χ4n) is 2.97. The molecule has 0 bridgehead atoms. The molecular weight excluding hydrogens is 335 g/mol. The van der Waals surface area contributed by atoms with Crippen LogP contribution in [0.25, 0.3) is 11.4 Å². The van der Waals surface area contributed by atoms with Crippen molar-refractivity contribution in [3.63, 3.8) is 0 Å². The third-order valence-corrected chi connectivity index (χ3v) is 4.82. The number of alkyl halides is 1. The van der Waals surface area contributed by atoms with Crippen molar-refractivity contribution < 1.29 is 4.39 Å². The molecule has 1 aromatic rings. The minimum atomic E-state index is -1.43. The highest BCUT2D eigenvalue weighted by atomic mass is 19.1. The molecule has 0 fully saturated rings. The van der Waals surface area contributed by atoms with Gasteiger partial charge in [-0.15, -0.1) is 0 Å². The van der Waals surface area contributed by atoms with Crippen molar-refractivity contribution in [2.45, 2.75) is 72.4 Å². The number of nitrogens with zero attached hydrogens (tertiary/aromatic N) is 1. The Hall–Kier alpha value is -1.90. The molecule has 1 aromatic carbocycles. The van der Waals surface area contributed by atoms with Crippen molar-refractivity contribution in [2.24, 2.45) is 10.9 Å². The van der Waals surface area contributed by atoms with Crippen molar-refractivity contribution in [2.75, 3.05) is 6.54 Å². The second-order valence-corrected chi connectivity index (χ2v) is 7.87. The van der Waals surface area contributed by atoms with Gasteiger partial charge in [0.1, 0.15) is 5.67 Å². The van der Waals surface area contributed by atoms with Gasteiger partial charge in [-0.3, -0.25) is 4.99 Å². The van der Waals surface area contributed by atoms with Gasteiger partial charge < -0.3 is 5.32 Å². The first-order valence-corrected chi connectivity index (χ1v) is 10.2. The van der Waals surface area contributed by atoms with Crippen LogP contribution in [0, 0.1) is 5.92 Å². The van der Waals surface area contributed by atoms with E-state index in [0.29, 0.717) is 23.7 Å². The molecule has 2 nitrogen and oxygen atoms in total. The Bertz CT molecular complexity index is 635. The number of aliphatic imine (C=N–C) groups is 1. The van der Waals surface area contributed by atoms with Crippen molar-refractivity contribution in [3.05, 3.63) is 48.6 Å². The quantitative estimate of drug-likeness (QED) is 0.309. The van der Waals surface area contributed by atoms with Gasteiger partial charge in [-0.25, -0.2) is 4.39 Å². The number of unbranched alkanes of at least 4 members (excludes halogenated alkanes) is 2. The SMILES string of the molecule is C=C(N=C(CC)C(C)(C)F)c1ccc(C(=C)NCC(C)CCCCC)cc1. The molecule has 150 valence electrons. The number of hydrogen-bond donors (Lipinski definition) is 1. The van der Waals surface area contributed by atoms with Gasteiger partial charge in [-0.2, -0.15) is 0 Å². The Balaban J connectivity index is 2.66. The molecule has 0 heterocycles. The van der Waals surface area contributed by atoms with Crippen LogP contribution >= 0.6 is 0 Å². The zero-order valence-electron chi connectivity index (χ0n) is 17.9. The first-order chi connectivity index (χ1) is 12.7. The van der Waals surface area contributed by atoms with Crippen molar-refractivity contribution in [3.8, 4) is 0 Å². The lowest BCUT2D eigenvalue weighted by molar-refractivity contribution is 0.310. The predicted molar refractivity (Wildman–Crippen MR) is 119 cm³/mol. The summed E-state index contributed by atoms with van der Waals surface area (Å²) in [5.41, 5.74) is 2.56. The molecular formula is C24H37FN2. The molecule has 0 amide bonds. The van der Waals surface area contributed by atoms with E-state index in [1.165, 1.54) is 39.5 Å². The Kier molecular flexibility index (Phi) is 9.48. The molecule has 0 spiro atoms. The summed E-state index contributed by atoms with van der Waals surface area (Å²) >= 11 is 0. The number of nitrogens with one attached hydrogen (secondary N) is 1. The fourth-order valence-corrected chi connectivity index (χ4v) is 2.97. The van der Waals surface area contributed by atoms with Crippen LogP contribution in [-0.2, 0) is 0 Å². The average molecular weight is 373 g/mol. The largest absolute Gasteiger partial charge is 0.385 e. The molecule has 0 aliphatic carbocycles. The summed E-state index contributed by atoms with van der Waals surface area (Å²) in [6.07, 6.45) is 5.67. The zero-order chi connectivity index (χ0) is 20.4. The molecule has 27 heavy (non-hydrogen) atoms. The molecule has 1 N–H and O–H groups in total. The van der Waals surface area contributed by atoms with Gasteiger partial charge in [0.15, 0.2) is 0 Å². The molecule has 0 aromatic heterocycles. The van der Waals surface area contributed by atoms with Crippen LogP contribution < -0.4 is 5.32 Å². The van der Waals surface area contributed by atoms with Crippen molar-refractivity contribution in [1.82, 2.24) is 5.32 Å². The Labute approximate surface area is 165 Å². The summed E-state index contributed by atoms with van der Waals surface area (Å²) in [5.74, 6) is 0.637. The van der Waals surface area contributed by atoms with Gasteiger partial charge in [-0.1, -0.05) is 77.5 Å². The highest BCUT2D eigenvalue weighted by molar-refractivity contribution is 5.95. The Morgan fingerprint density at radius 2 is 1.70 bits per heavy atom. The predicted octanol–water partition coefficient (Wildman–Crippen LogP) is 7.03. The lowest BCUT2D eigenvalue weighted by atomic mass is 10.0. The Morgan fingerprint density at radius 3 is 2.22 bits per heavy atom. The van der Waals surface area contributed by atoms with E-state index in [1.54, 1.807) is 0 Å². The summed E-state index contributed by atoms with van der Waals surface area (Å²) in [7, 11) is 0. The van der Waals surface area contributed by atoms with Crippen LogP contribution in [0.3, 0.4) is 0 Å². The number of benzene rings is 1. The number of hydrogen-bond acceptors (Lipinski definition) is 2. The monoisotopic (exact) mass is 372 g/mol. The lowest BCUT2D eigenvalue weighted by Gasteiger charge is -2.17. The van der Waals surface area contributed by atoms with E-state index >= 15 is 0 Å². The van der Waals surface area contributed by atoms with Gasteiger partial charge in [0.2, 0.25) is 0 Å². The van der Waals surface area contributed by atoms with Crippen LogP contribution in [-0.4, -0.2) is 17.9 Å². The van der Waals surface area contributed by atoms with Gasteiger partial charge >= 0.3 is 0 Å². The number of rotatable bonds is 12. The van der Waals surface area contributed by atoms with Crippen LogP contribution in [0.4, 0.5) is 4.39 Å². The van der Waals surface area contributed by atoms with Crippen LogP contribution in [0.2, 0.25) is 0 Å². The van der Waals surface area contributed by atoms with Crippen molar-refractivity contribution in [1.29, 1.82) is 0 Å². The average Bonchev–Trinajstić information content (AvgIpc) is 2.63. The maximum Gasteiger partial charge on any atom is 0.143 e. The van der Waals surface area contributed by atoms with Gasteiger partial charge in [0.05, 0.1) is 11.4 Å². The van der Waals surface area contributed by atoms with Gasteiger partial charge in [0, 0.05) is 12.2 Å². The Morgan fingerprint density at radius 1 is 1.11 bits per heavy atom. The molecule has 0 aliphatic rings. The molecule has 0 saturated carbocycles. The summed E-state index contributed by atoms with van der Waals surface area (Å²) in [5, 5.41) is 3.44. The maximum absolute atomic E-state index is 14.2. The van der Waals surface area contributed by atoms with E-state index in [4.69, 9.17) is 0 Å². The molecule has 0 saturated heterocycles. The molecule has 0 radical (unpaired) electrons. The van der Waals surface area contributed by atoms with E-state index in [-0.39, 0.29) is 0 Å². The van der Waals surface area contributed by atoms with Crippen LogP contribution in [0.15, 0.2) is 42.4 Å². The normalized spacial score (nSPS) is 13.3. The summed E-state index contributed by atoms with van der Waals surface area (Å²) in [6.45, 7) is 18.6. The fraction of sp³-hybridized carbons (Fsp3) is 0.542. The number of halogens is 1. The minimum absolute atomic E-state index is 0.514. The van der Waals surface area contributed by atoms with Crippen LogP contribution in [0.5, 0.6) is 0 Å².